The van der Waals surface area contributed by atoms with E-state index in [0.717, 1.165) is 50.8 Å². The molecule has 1 aromatic heterocycles. The van der Waals surface area contributed by atoms with Gasteiger partial charge in [-0.15, -0.1) is 0 Å². The van der Waals surface area contributed by atoms with Crippen LogP contribution in [0.25, 0.3) is 0 Å². The van der Waals surface area contributed by atoms with Crippen LogP contribution in [0.2, 0.25) is 0 Å². The summed E-state index contributed by atoms with van der Waals surface area (Å²) in [4.78, 5) is 44.3. The zero-order valence-electron chi connectivity index (χ0n) is 21.7. The Morgan fingerprint density at radius 2 is 1.47 bits per heavy atom. The van der Waals surface area contributed by atoms with E-state index in [1.165, 1.54) is 6.42 Å². The maximum absolute atomic E-state index is 13.4. The summed E-state index contributed by atoms with van der Waals surface area (Å²) in [7, 11) is 0. The molecule has 2 amide bonds. The zero-order chi connectivity index (χ0) is 25.5. The van der Waals surface area contributed by atoms with Crippen LogP contribution in [0.5, 0.6) is 0 Å². The lowest BCUT2D eigenvalue weighted by molar-refractivity contribution is 0.0722. The number of nitrogens with zero attached hydrogens (tertiary/aromatic N) is 3. The summed E-state index contributed by atoms with van der Waals surface area (Å²) in [6.07, 6.45) is 9.78. The molecule has 194 valence electrons. The van der Waals surface area contributed by atoms with Crippen molar-refractivity contribution in [3.63, 3.8) is 0 Å². The fourth-order valence-electron chi connectivity index (χ4n) is 5.39. The second-order valence-electron chi connectivity index (χ2n) is 10.6. The summed E-state index contributed by atoms with van der Waals surface area (Å²) in [5, 5.41) is 3.04. The average molecular weight is 493 g/mol. The molecule has 2 aromatic rings. The molecule has 2 aliphatic heterocycles. The maximum atomic E-state index is 13.4. The van der Waals surface area contributed by atoms with Crippen molar-refractivity contribution >= 4 is 11.8 Å². The Balaban J connectivity index is 1.58. The van der Waals surface area contributed by atoms with Crippen LogP contribution >= 0.6 is 0 Å². The minimum absolute atomic E-state index is 0.0453. The Kier molecular flexibility index (Phi) is 8.97. The Morgan fingerprint density at radius 3 is 2.11 bits per heavy atom. The number of piperidine rings is 2. The zero-order valence-corrected chi connectivity index (χ0v) is 21.7. The number of aromatic nitrogens is 1. The highest BCUT2D eigenvalue weighted by Crippen LogP contribution is 2.24. The summed E-state index contributed by atoms with van der Waals surface area (Å²) < 4.78 is 1.83. The normalized spacial score (nSPS) is 17.7. The van der Waals surface area contributed by atoms with Crippen LogP contribution in [0.1, 0.15) is 84.7 Å². The summed E-state index contributed by atoms with van der Waals surface area (Å²) in [6.45, 7) is 8.51. The number of hydrogen-bond acceptors (Lipinski definition) is 4. The van der Waals surface area contributed by atoms with E-state index in [-0.39, 0.29) is 23.1 Å². The van der Waals surface area contributed by atoms with Crippen LogP contribution in [-0.4, -0.2) is 58.9 Å². The van der Waals surface area contributed by atoms with Crippen molar-refractivity contribution in [1.29, 1.82) is 0 Å². The fourth-order valence-corrected chi connectivity index (χ4v) is 5.39. The largest absolute Gasteiger partial charge is 0.352 e. The van der Waals surface area contributed by atoms with Gasteiger partial charge in [0.1, 0.15) is 11.1 Å². The lowest BCUT2D eigenvalue weighted by Crippen LogP contribution is -2.43. The van der Waals surface area contributed by atoms with Gasteiger partial charge in [-0.05, 0) is 56.7 Å². The highest BCUT2D eigenvalue weighted by molar-refractivity contribution is 5.99. The van der Waals surface area contributed by atoms with E-state index in [1.54, 1.807) is 17.3 Å². The Morgan fingerprint density at radius 1 is 0.861 bits per heavy atom. The molecule has 1 atom stereocenters. The predicted octanol–water partition coefficient (Wildman–Crippen LogP) is 4.09. The van der Waals surface area contributed by atoms with E-state index in [9.17, 15) is 14.4 Å². The first-order valence-corrected chi connectivity index (χ1v) is 13.5. The molecule has 1 N–H and O–H groups in total. The van der Waals surface area contributed by atoms with Gasteiger partial charge in [-0.3, -0.25) is 19.3 Å². The van der Waals surface area contributed by atoms with E-state index < -0.39 is 11.3 Å². The van der Waals surface area contributed by atoms with Crippen molar-refractivity contribution in [1.82, 2.24) is 19.7 Å². The van der Waals surface area contributed by atoms with Gasteiger partial charge in [0.25, 0.3) is 11.8 Å². The number of benzene rings is 1. The second-order valence-corrected chi connectivity index (χ2v) is 10.6. The Labute approximate surface area is 214 Å². The van der Waals surface area contributed by atoms with E-state index >= 15 is 0 Å². The van der Waals surface area contributed by atoms with Crippen LogP contribution in [0.3, 0.4) is 0 Å². The van der Waals surface area contributed by atoms with E-state index in [1.807, 2.05) is 22.8 Å². The molecule has 36 heavy (non-hydrogen) atoms. The standard InChI is InChI=1S/C29H40N4O3/c1-22(2)19-31-20-24(27(34)25(21-31)29(36)33-16-10-5-11-17-33)28(35)30-18-26(23-12-6-3-7-13-23)32-14-8-4-9-15-32/h3,6-7,12-13,20-22,26H,4-5,8-11,14-19H2,1-2H3,(H,30,35). The lowest BCUT2D eigenvalue weighted by atomic mass is 10.0. The predicted molar refractivity (Wildman–Crippen MR) is 142 cm³/mol. The minimum atomic E-state index is -0.475. The molecule has 2 fully saturated rings. The lowest BCUT2D eigenvalue weighted by Gasteiger charge is -2.35. The monoisotopic (exact) mass is 492 g/mol. The van der Waals surface area contributed by atoms with E-state index in [0.29, 0.717) is 32.1 Å². The van der Waals surface area contributed by atoms with Gasteiger partial charge >= 0.3 is 0 Å². The van der Waals surface area contributed by atoms with Crippen molar-refractivity contribution < 1.29 is 9.59 Å². The smallest absolute Gasteiger partial charge is 0.259 e. The molecule has 0 bridgehead atoms. The van der Waals surface area contributed by atoms with Crippen molar-refractivity contribution in [2.75, 3.05) is 32.7 Å². The highest BCUT2D eigenvalue weighted by atomic mass is 16.2. The van der Waals surface area contributed by atoms with Gasteiger partial charge in [-0.1, -0.05) is 50.6 Å². The third-order valence-corrected chi connectivity index (χ3v) is 7.25. The molecule has 3 heterocycles. The molecule has 0 saturated carbocycles. The number of hydrogen-bond donors (Lipinski definition) is 1. The number of rotatable bonds is 8. The topological polar surface area (TPSA) is 74.6 Å². The van der Waals surface area contributed by atoms with Crippen LogP contribution in [0.15, 0.2) is 47.5 Å². The summed E-state index contributed by atoms with van der Waals surface area (Å²) in [5.41, 5.74) is 0.827. The molecule has 2 saturated heterocycles. The van der Waals surface area contributed by atoms with Crippen LogP contribution in [0.4, 0.5) is 0 Å². The fraction of sp³-hybridized carbons (Fsp3) is 0.552. The third kappa shape index (κ3) is 6.44. The third-order valence-electron chi connectivity index (χ3n) is 7.25. The van der Waals surface area contributed by atoms with Crippen LogP contribution in [0, 0.1) is 5.92 Å². The molecule has 1 aromatic carbocycles. The van der Waals surface area contributed by atoms with E-state index in [2.05, 4.69) is 36.2 Å². The van der Waals surface area contributed by atoms with E-state index in [4.69, 9.17) is 0 Å². The summed E-state index contributed by atoms with van der Waals surface area (Å²) in [5.74, 6) is -0.367. The summed E-state index contributed by atoms with van der Waals surface area (Å²) in [6, 6.07) is 10.3. The molecule has 0 radical (unpaired) electrons. The molecule has 2 aliphatic rings. The first-order chi connectivity index (χ1) is 17.4. The van der Waals surface area contributed by atoms with Gasteiger partial charge in [0, 0.05) is 38.6 Å². The van der Waals surface area contributed by atoms with Gasteiger partial charge in [0.2, 0.25) is 5.43 Å². The number of pyridine rings is 1. The van der Waals surface area contributed by atoms with Gasteiger partial charge in [0.05, 0.1) is 6.04 Å². The van der Waals surface area contributed by atoms with Crippen molar-refractivity contribution in [2.24, 2.45) is 5.92 Å². The molecular formula is C29H40N4O3. The average Bonchev–Trinajstić information content (AvgIpc) is 2.90. The Bertz CT molecular complexity index is 1080. The molecule has 0 spiro atoms. The first kappa shape index (κ1) is 26.1. The number of amides is 2. The van der Waals surface area contributed by atoms with Gasteiger partial charge in [-0.25, -0.2) is 0 Å². The number of nitrogens with one attached hydrogen (secondary N) is 1. The van der Waals surface area contributed by atoms with Crippen LogP contribution < -0.4 is 10.7 Å². The van der Waals surface area contributed by atoms with Crippen molar-refractivity contribution in [3.05, 3.63) is 69.6 Å². The number of likely N-dealkylation sites (tertiary alicyclic amines) is 2. The molecule has 0 aliphatic carbocycles. The molecule has 1 unspecified atom stereocenters. The van der Waals surface area contributed by atoms with Crippen LogP contribution in [-0.2, 0) is 6.54 Å². The molecular weight excluding hydrogens is 452 g/mol. The quantitative estimate of drug-likeness (QED) is 0.602. The SMILES string of the molecule is CC(C)Cn1cc(C(=O)NCC(c2ccccc2)N2CCCCC2)c(=O)c(C(=O)N2CCCCC2)c1. The molecule has 4 rings (SSSR count). The second kappa shape index (κ2) is 12.3. The highest BCUT2D eigenvalue weighted by Gasteiger charge is 2.26. The van der Waals surface area contributed by atoms with Crippen molar-refractivity contribution in [3.8, 4) is 0 Å². The van der Waals surface area contributed by atoms with Gasteiger partial charge < -0.3 is 14.8 Å². The number of carbonyl (C=O) groups is 2. The minimum Gasteiger partial charge on any atom is -0.352 e. The number of carbonyl (C=O) groups excluding carboxylic acids is 2. The molecule has 7 nitrogen and oxygen atoms in total. The van der Waals surface area contributed by atoms with Crippen molar-refractivity contribution in [2.45, 2.75) is 65.0 Å². The molecule has 7 heteroatoms. The Hall–Kier alpha value is -2.93. The van der Waals surface area contributed by atoms with Gasteiger partial charge in [0.15, 0.2) is 0 Å². The summed E-state index contributed by atoms with van der Waals surface area (Å²) >= 11 is 0. The maximum Gasteiger partial charge on any atom is 0.259 e. The van der Waals surface area contributed by atoms with Gasteiger partial charge in [-0.2, -0.15) is 0 Å². The first-order valence-electron chi connectivity index (χ1n) is 13.5.